The van der Waals surface area contributed by atoms with E-state index in [4.69, 9.17) is 4.52 Å². The van der Waals surface area contributed by atoms with Crippen molar-refractivity contribution < 1.29 is 18.9 Å². The third kappa shape index (κ3) is 6.98. The molecule has 1 aliphatic heterocycles. The lowest BCUT2D eigenvalue weighted by Crippen LogP contribution is -2.45. The van der Waals surface area contributed by atoms with E-state index in [1.807, 2.05) is 60.4 Å². The summed E-state index contributed by atoms with van der Waals surface area (Å²) in [7, 11) is 0. The van der Waals surface area contributed by atoms with Crippen molar-refractivity contribution in [3.05, 3.63) is 107 Å². The second kappa shape index (κ2) is 12.8. The van der Waals surface area contributed by atoms with Gasteiger partial charge in [0.25, 0.3) is 5.91 Å². The maximum Gasteiger partial charge on any atom is 0.274 e. The third-order valence-corrected chi connectivity index (χ3v) is 7.55. The Balaban J connectivity index is 1.29. The van der Waals surface area contributed by atoms with Gasteiger partial charge < -0.3 is 19.7 Å². The molecule has 1 fully saturated rings. The molecule has 5 rings (SSSR count). The molecule has 0 radical (unpaired) electrons. The van der Waals surface area contributed by atoms with E-state index in [9.17, 15) is 14.4 Å². The first-order chi connectivity index (χ1) is 19.9. The van der Waals surface area contributed by atoms with Crippen LogP contribution in [-0.4, -0.2) is 50.2 Å². The van der Waals surface area contributed by atoms with Gasteiger partial charge >= 0.3 is 0 Å². The number of benzene rings is 2. The predicted octanol–water partition coefficient (Wildman–Crippen LogP) is 4.91. The molecule has 0 aliphatic carbocycles. The van der Waals surface area contributed by atoms with Crippen molar-refractivity contribution in [1.29, 1.82) is 0 Å². The highest BCUT2D eigenvalue weighted by Crippen LogP contribution is 2.32. The number of H-pyrrole nitrogens is 1. The Morgan fingerprint density at radius 2 is 1.80 bits per heavy atom. The van der Waals surface area contributed by atoms with Crippen LogP contribution in [0, 0.1) is 6.92 Å². The number of likely N-dealkylation sites (tertiary alicyclic amines) is 1. The number of amides is 2. The first-order valence-electron chi connectivity index (χ1n) is 14.1. The molecular formula is C32H35N5O4. The van der Waals surface area contributed by atoms with Gasteiger partial charge in [-0.3, -0.25) is 14.4 Å². The highest BCUT2D eigenvalue weighted by Gasteiger charge is 2.34. The number of aromatic amines is 1. The maximum absolute atomic E-state index is 13.6. The molecule has 9 heteroatoms. The lowest BCUT2D eigenvalue weighted by atomic mass is 9.96. The van der Waals surface area contributed by atoms with Crippen molar-refractivity contribution in [3.8, 4) is 0 Å². The van der Waals surface area contributed by atoms with E-state index < -0.39 is 11.9 Å². The van der Waals surface area contributed by atoms with Gasteiger partial charge in [0, 0.05) is 43.3 Å². The Hall–Kier alpha value is -4.53. The molecule has 3 atom stereocenters. The molecule has 2 aromatic heterocycles. The van der Waals surface area contributed by atoms with Gasteiger partial charge in [-0.25, -0.2) is 4.98 Å². The maximum atomic E-state index is 13.6. The topological polar surface area (TPSA) is 121 Å². The zero-order valence-corrected chi connectivity index (χ0v) is 23.4. The first kappa shape index (κ1) is 28.0. The third-order valence-electron chi connectivity index (χ3n) is 7.55. The van der Waals surface area contributed by atoms with Crippen LogP contribution in [0.3, 0.4) is 0 Å². The monoisotopic (exact) mass is 553 g/mol. The van der Waals surface area contributed by atoms with Crippen LogP contribution in [0.25, 0.3) is 0 Å². The second-order valence-corrected chi connectivity index (χ2v) is 10.7. The van der Waals surface area contributed by atoms with Gasteiger partial charge in [0.1, 0.15) is 11.6 Å². The summed E-state index contributed by atoms with van der Waals surface area (Å²) < 4.78 is 5.04. The van der Waals surface area contributed by atoms with E-state index in [0.717, 1.165) is 29.7 Å². The fraction of sp³-hybridized carbons (Fsp3) is 0.344. The Morgan fingerprint density at radius 1 is 1.07 bits per heavy atom. The van der Waals surface area contributed by atoms with Crippen molar-refractivity contribution in [3.63, 3.8) is 0 Å². The number of carbonyl (C=O) groups is 3. The van der Waals surface area contributed by atoms with Gasteiger partial charge in [-0.05, 0) is 30.9 Å². The molecule has 0 unspecified atom stereocenters. The number of Topliss-reactive ketones (excluding diaryl/α,β-unsaturated/α-hetero) is 1. The molecule has 1 saturated heterocycles. The van der Waals surface area contributed by atoms with E-state index in [0.29, 0.717) is 24.6 Å². The van der Waals surface area contributed by atoms with Crippen LogP contribution < -0.4 is 5.32 Å². The Bertz CT molecular complexity index is 1480. The zero-order valence-electron chi connectivity index (χ0n) is 23.4. The summed E-state index contributed by atoms with van der Waals surface area (Å²) in [5.41, 5.74) is 3.25. The quantitative estimate of drug-likeness (QED) is 0.272. The minimum absolute atomic E-state index is 0.0431. The van der Waals surface area contributed by atoms with Crippen LogP contribution in [0.15, 0.2) is 77.4 Å². The van der Waals surface area contributed by atoms with E-state index >= 15 is 0 Å². The fourth-order valence-electron chi connectivity index (χ4n) is 5.40. The summed E-state index contributed by atoms with van der Waals surface area (Å²) in [5.74, 6) is -0.0198. The summed E-state index contributed by atoms with van der Waals surface area (Å²) in [5, 5.41) is 6.53. The highest BCUT2D eigenvalue weighted by molar-refractivity contribution is 5.98. The summed E-state index contributed by atoms with van der Waals surface area (Å²) in [6.45, 7) is 4.21. The van der Waals surface area contributed by atoms with Crippen molar-refractivity contribution in [1.82, 2.24) is 25.3 Å². The number of carbonyl (C=O) groups excluding carboxylic acids is 3. The molecule has 2 aromatic carbocycles. The number of aryl methyl sites for hydroxylation is 1. The summed E-state index contributed by atoms with van der Waals surface area (Å²) in [4.78, 5) is 49.8. The molecule has 9 nitrogen and oxygen atoms in total. The van der Waals surface area contributed by atoms with E-state index in [-0.39, 0.29) is 42.2 Å². The molecule has 0 saturated carbocycles. The Morgan fingerprint density at radius 3 is 2.51 bits per heavy atom. The lowest BCUT2D eigenvalue weighted by molar-refractivity contribution is -0.135. The average molecular weight is 554 g/mol. The van der Waals surface area contributed by atoms with Crippen LogP contribution in [0.1, 0.15) is 83.5 Å². The van der Waals surface area contributed by atoms with Gasteiger partial charge in [0.05, 0.1) is 18.5 Å². The van der Waals surface area contributed by atoms with Crippen molar-refractivity contribution in [2.75, 3.05) is 6.54 Å². The van der Waals surface area contributed by atoms with Gasteiger partial charge in [0.2, 0.25) is 5.91 Å². The van der Waals surface area contributed by atoms with E-state index in [1.54, 1.807) is 13.1 Å². The van der Waals surface area contributed by atoms with Crippen LogP contribution in [0.5, 0.6) is 0 Å². The largest absolute Gasteiger partial charge is 0.361 e. The number of nitrogens with zero attached hydrogens (tertiary/aromatic N) is 3. The molecule has 2 amide bonds. The smallest absolute Gasteiger partial charge is 0.274 e. The SMILES string of the molecule is Cc1cc(C(=O)N[C@@H](CC(=O)N2CCC[C@@H]2c2ccccc2)C(=O)C[C@@H](C)c2ncc(Cc3ccccc3)[nH]2)no1. The molecular weight excluding hydrogens is 518 g/mol. The van der Waals surface area contributed by atoms with Gasteiger partial charge in [-0.2, -0.15) is 0 Å². The highest BCUT2D eigenvalue weighted by atomic mass is 16.5. The predicted molar refractivity (Wildman–Crippen MR) is 153 cm³/mol. The van der Waals surface area contributed by atoms with E-state index in [1.165, 1.54) is 6.07 Å². The Kier molecular flexibility index (Phi) is 8.72. The average Bonchev–Trinajstić information content (AvgIpc) is 3.75. The standard InChI is InChI=1S/C32H35N5O4/c1-21(31-33-20-25(34-31)18-23-10-5-3-6-11-23)16-29(38)26(35-32(40)27-17-22(2)41-36-27)19-30(39)37-15-9-14-28(37)24-12-7-4-8-13-24/h3-8,10-13,17,20-21,26,28H,9,14-16,18-19H2,1-2H3,(H,33,34)(H,35,40)/t21-,26+,28-/m1/s1. The van der Waals surface area contributed by atoms with Gasteiger partial charge in [0.15, 0.2) is 11.5 Å². The van der Waals surface area contributed by atoms with Crippen LogP contribution in [-0.2, 0) is 16.0 Å². The van der Waals surface area contributed by atoms with Gasteiger partial charge in [-0.1, -0.05) is 72.7 Å². The van der Waals surface area contributed by atoms with Crippen LogP contribution in [0.2, 0.25) is 0 Å². The zero-order chi connectivity index (χ0) is 28.8. The summed E-state index contributed by atoms with van der Waals surface area (Å²) in [6, 6.07) is 20.4. The molecule has 4 aromatic rings. The number of aromatic nitrogens is 3. The van der Waals surface area contributed by atoms with Gasteiger partial charge in [-0.15, -0.1) is 0 Å². The number of rotatable bonds is 11. The molecule has 212 valence electrons. The first-order valence-corrected chi connectivity index (χ1v) is 14.1. The van der Waals surface area contributed by atoms with Crippen molar-refractivity contribution in [2.45, 2.75) is 64.0 Å². The number of hydrogen-bond donors (Lipinski definition) is 2. The number of ketones is 1. The number of imidazole rings is 1. The Labute approximate surface area is 239 Å². The normalized spacial score (nSPS) is 16.3. The number of nitrogens with one attached hydrogen (secondary N) is 2. The molecule has 1 aliphatic rings. The summed E-state index contributed by atoms with van der Waals surface area (Å²) >= 11 is 0. The molecule has 41 heavy (non-hydrogen) atoms. The van der Waals surface area contributed by atoms with Crippen molar-refractivity contribution in [2.24, 2.45) is 0 Å². The molecule has 0 bridgehead atoms. The van der Waals surface area contributed by atoms with Crippen molar-refractivity contribution >= 4 is 17.6 Å². The molecule has 0 spiro atoms. The minimum Gasteiger partial charge on any atom is -0.361 e. The number of hydrogen-bond acceptors (Lipinski definition) is 6. The molecule has 3 heterocycles. The second-order valence-electron chi connectivity index (χ2n) is 10.7. The lowest BCUT2D eigenvalue weighted by Gasteiger charge is -2.27. The van der Waals surface area contributed by atoms with Crippen LogP contribution in [0.4, 0.5) is 0 Å². The molecule has 2 N–H and O–H groups in total. The van der Waals surface area contributed by atoms with Crippen LogP contribution >= 0.6 is 0 Å². The minimum atomic E-state index is -1.01. The van der Waals surface area contributed by atoms with E-state index in [2.05, 4.69) is 32.6 Å². The summed E-state index contributed by atoms with van der Waals surface area (Å²) in [6.07, 6.45) is 4.22. The fourth-order valence-corrected chi connectivity index (χ4v) is 5.40.